The van der Waals surface area contributed by atoms with E-state index in [-0.39, 0.29) is 0 Å². The molecule has 0 aliphatic carbocycles. The van der Waals surface area contributed by atoms with Crippen LogP contribution in [0, 0.1) is 0 Å². The molecule has 0 aromatic carbocycles. The maximum atomic E-state index is 4.34. The summed E-state index contributed by atoms with van der Waals surface area (Å²) < 4.78 is 4.47. The van der Waals surface area contributed by atoms with Crippen LogP contribution in [-0.4, -0.2) is 26.4 Å². The van der Waals surface area contributed by atoms with Gasteiger partial charge < -0.3 is 14.5 Å². The van der Waals surface area contributed by atoms with Crippen molar-refractivity contribution in [2.75, 3.05) is 7.05 Å². The van der Waals surface area contributed by atoms with Gasteiger partial charge in [0.25, 0.3) is 0 Å². The van der Waals surface area contributed by atoms with Crippen LogP contribution in [0.1, 0.15) is 43.0 Å². The first kappa shape index (κ1) is 12.4. The number of rotatable bonds is 4. The minimum absolute atomic E-state index is 0.383. The lowest BCUT2D eigenvalue weighted by Crippen LogP contribution is -2.15. The molecule has 0 saturated carbocycles. The summed E-state index contributed by atoms with van der Waals surface area (Å²) in [6, 6.07) is 2.54. The molecular formula is C14H21N5. The molecule has 1 atom stereocenters. The summed E-state index contributed by atoms with van der Waals surface area (Å²) in [5, 5.41) is 11.9. The molecule has 0 saturated heterocycles. The van der Waals surface area contributed by atoms with Gasteiger partial charge in [-0.3, -0.25) is 0 Å². The lowest BCUT2D eigenvalue weighted by molar-refractivity contribution is 0.501. The lowest BCUT2D eigenvalue weighted by Gasteiger charge is -2.14. The van der Waals surface area contributed by atoms with Crippen molar-refractivity contribution < 1.29 is 0 Å². The lowest BCUT2D eigenvalue weighted by atomic mass is 10.2. The number of fused-ring (bicyclic) bond motifs is 1. The molecule has 1 N–H and O–H groups in total. The summed E-state index contributed by atoms with van der Waals surface area (Å²) in [5.74, 6) is 2.23. The number of nitrogens with one attached hydrogen (secondary N) is 1. The first-order chi connectivity index (χ1) is 9.28. The summed E-state index contributed by atoms with van der Waals surface area (Å²) in [5.41, 5.74) is 1.31. The fourth-order valence-electron chi connectivity index (χ4n) is 2.63. The van der Waals surface area contributed by atoms with Gasteiger partial charge in [0.1, 0.15) is 5.82 Å². The Labute approximate surface area is 113 Å². The number of hydrogen-bond acceptors (Lipinski definition) is 3. The first-order valence-electron chi connectivity index (χ1n) is 7.02. The molecule has 1 unspecified atom stereocenters. The zero-order valence-corrected chi connectivity index (χ0v) is 11.6. The van der Waals surface area contributed by atoms with E-state index in [0.29, 0.717) is 6.04 Å². The second-order valence-electron chi connectivity index (χ2n) is 5.27. The molecule has 0 spiro atoms. The molecule has 0 bridgehead atoms. The summed E-state index contributed by atoms with van der Waals surface area (Å²) in [4.78, 5) is 0. The van der Waals surface area contributed by atoms with Crippen molar-refractivity contribution in [2.24, 2.45) is 0 Å². The van der Waals surface area contributed by atoms with E-state index in [9.17, 15) is 0 Å². The fourth-order valence-corrected chi connectivity index (χ4v) is 2.63. The van der Waals surface area contributed by atoms with Crippen LogP contribution in [0.4, 0.5) is 0 Å². The third kappa shape index (κ3) is 2.42. The van der Waals surface area contributed by atoms with Crippen LogP contribution in [0.25, 0.3) is 0 Å². The smallest absolute Gasteiger partial charge is 0.152 e. The van der Waals surface area contributed by atoms with Crippen molar-refractivity contribution in [3.05, 3.63) is 35.7 Å². The topological polar surface area (TPSA) is 47.7 Å². The molecular weight excluding hydrogens is 238 g/mol. The minimum atomic E-state index is 0.383. The van der Waals surface area contributed by atoms with Gasteiger partial charge in [0, 0.05) is 31.4 Å². The van der Waals surface area contributed by atoms with Crippen molar-refractivity contribution in [2.45, 2.75) is 45.3 Å². The summed E-state index contributed by atoms with van der Waals surface area (Å²) in [6.07, 6.45) is 7.86. The average molecular weight is 259 g/mol. The summed E-state index contributed by atoms with van der Waals surface area (Å²) >= 11 is 0. The van der Waals surface area contributed by atoms with Crippen LogP contribution in [-0.2, 0) is 19.5 Å². The number of nitrogens with zero attached hydrogens (tertiary/aromatic N) is 4. The molecule has 5 nitrogen and oxygen atoms in total. The zero-order chi connectivity index (χ0) is 13.2. The van der Waals surface area contributed by atoms with Crippen molar-refractivity contribution in [1.29, 1.82) is 0 Å². The highest BCUT2D eigenvalue weighted by atomic mass is 15.3. The first-order valence-corrected chi connectivity index (χ1v) is 7.02. The molecule has 102 valence electrons. The van der Waals surface area contributed by atoms with Crippen LogP contribution in [0.2, 0.25) is 0 Å². The quantitative estimate of drug-likeness (QED) is 0.910. The molecule has 3 heterocycles. The zero-order valence-electron chi connectivity index (χ0n) is 11.6. The van der Waals surface area contributed by atoms with E-state index in [4.69, 9.17) is 0 Å². The largest absolute Gasteiger partial charge is 0.346 e. The Kier molecular flexibility index (Phi) is 3.38. The molecule has 5 heteroatoms. The highest BCUT2D eigenvalue weighted by Gasteiger charge is 2.15. The fraction of sp³-hybridized carbons (Fsp3) is 0.571. The molecule has 2 aromatic heterocycles. The molecule has 3 rings (SSSR count). The van der Waals surface area contributed by atoms with Gasteiger partial charge in [-0.2, -0.15) is 0 Å². The standard InChI is InChI=1S/C14H21N5/c1-11(15-2)12-6-8-18(9-12)10-14-17-16-13-5-3-4-7-19(13)14/h6,8-9,11,15H,3-5,7,10H2,1-2H3. The minimum Gasteiger partial charge on any atom is -0.346 e. The average Bonchev–Trinajstić information content (AvgIpc) is 3.06. The number of aryl methyl sites for hydroxylation is 1. The molecule has 0 radical (unpaired) electrons. The van der Waals surface area contributed by atoms with Gasteiger partial charge in [-0.15, -0.1) is 10.2 Å². The summed E-state index contributed by atoms with van der Waals surface area (Å²) in [7, 11) is 1.98. The van der Waals surface area contributed by atoms with Crippen molar-refractivity contribution >= 4 is 0 Å². The Balaban J connectivity index is 1.78. The molecule has 19 heavy (non-hydrogen) atoms. The highest BCUT2D eigenvalue weighted by Crippen LogP contribution is 2.16. The normalized spacial score (nSPS) is 16.3. The molecule has 1 aliphatic rings. The maximum Gasteiger partial charge on any atom is 0.152 e. The third-order valence-corrected chi connectivity index (χ3v) is 3.97. The van der Waals surface area contributed by atoms with Crippen LogP contribution in [0.5, 0.6) is 0 Å². The van der Waals surface area contributed by atoms with E-state index in [0.717, 1.165) is 31.2 Å². The van der Waals surface area contributed by atoms with Crippen LogP contribution in [0.3, 0.4) is 0 Å². The predicted molar refractivity (Wildman–Crippen MR) is 74.0 cm³/mol. The second-order valence-corrected chi connectivity index (χ2v) is 5.27. The molecule has 1 aliphatic heterocycles. The van der Waals surface area contributed by atoms with E-state index in [1.165, 1.54) is 18.4 Å². The van der Waals surface area contributed by atoms with Gasteiger partial charge in [0.15, 0.2) is 5.82 Å². The van der Waals surface area contributed by atoms with E-state index >= 15 is 0 Å². The van der Waals surface area contributed by atoms with Gasteiger partial charge >= 0.3 is 0 Å². The Morgan fingerprint density at radius 1 is 1.37 bits per heavy atom. The Bertz CT molecular complexity index is 554. The van der Waals surface area contributed by atoms with Crippen LogP contribution >= 0.6 is 0 Å². The monoisotopic (exact) mass is 259 g/mol. The number of hydrogen-bond donors (Lipinski definition) is 1. The molecule has 2 aromatic rings. The van der Waals surface area contributed by atoms with E-state index in [1.807, 2.05) is 7.05 Å². The third-order valence-electron chi connectivity index (χ3n) is 3.97. The molecule has 0 fully saturated rings. The van der Waals surface area contributed by atoms with Crippen molar-refractivity contribution in [3.63, 3.8) is 0 Å². The Morgan fingerprint density at radius 3 is 3.11 bits per heavy atom. The second kappa shape index (κ2) is 5.17. The van der Waals surface area contributed by atoms with Gasteiger partial charge in [0.05, 0.1) is 6.54 Å². The maximum absolute atomic E-state index is 4.34. The van der Waals surface area contributed by atoms with Crippen molar-refractivity contribution in [1.82, 2.24) is 24.6 Å². The van der Waals surface area contributed by atoms with Gasteiger partial charge in [0.2, 0.25) is 0 Å². The highest BCUT2D eigenvalue weighted by molar-refractivity contribution is 5.15. The summed E-state index contributed by atoms with van der Waals surface area (Å²) in [6.45, 7) is 4.04. The van der Waals surface area contributed by atoms with Gasteiger partial charge in [-0.25, -0.2) is 0 Å². The predicted octanol–water partition coefficient (Wildman–Crippen LogP) is 1.74. The van der Waals surface area contributed by atoms with E-state index in [2.05, 4.69) is 50.0 Å². The van der Waals surface area contributed by atoms with Crippen LogP contribution in [0.15, 0.2) is 18.5 Å². The van der Waals surface area contributed by atoms with Crippen LogP contribution < -0.4 is 5.32 Å². The van der Waals surface area contributed by atoms with E-state index in [1.54, 1.807) is 0 Å². The van der Waals surface area contributed by atoms with E-state index < -0.39 is 0 Å². The Morgan fingerprint density at radius 2 is 2.26 bits per heavy atom. The van der Waals surface area contributed by atoms with Crippen molar-refractivity contribution in [3.8, 4) is 0 Å². The number of aromatic nitrogens is 4. The Hall–Kier alpha value is -1.62. The SMILES string of the molecule is CNC(C)c1ccn(Cc2nnc3n2CCCC3)c1. The molecule has 0 amide bonds. The van der Waals surface area contributed by atoms with Gasteiger partial charge in [-0.05, 0) is 38.4 Å². The van der Waals surface area contributed by atoms with Gasteiger partial charge in [-0.1, -0.05) is 0 Å².